The summed E-state index contributed by atoms with van der Waals surface area (Å²) in [5.41, 5.74) is 1.20. The first kappa shape index (κ1) is 19.2. The topological polar surface area (TPSA) is 63.1 Å². The number of halogens is 2. The molecule has 0 aliphatic carbocycles. The molecule has 0 atom stereocenters. The van der Waals surface area contributed by atoms with Gasteiger partial charge in [0.1, 0.15) is 17.5 Å². The zero-order valence-corrected chi connectivity index (χ0v) is 15.8. The van der Waals surface area contributed by atoms with E-state index in [2.05, 4.69) is 20.4 Å². The lowest BCUT2D eigenvalue weighted by Gasteiger charge is -2.19. The van der Waals surface area contributed by atoms with E-state index in [1.165, 1.54) is 24.3 Å². The molecule has 0 spiro atoms. The molecule has 1 amide bonds. The zero-order valence-electron chi connectivity index (χ0n) is 15.8. The van der Waals surface area contributed by atoms with Crippen LogP contribution in [0.5, 0.6) is 0 Å². The fourth-order valence-electron chi connectivity index (χ4n) is 3.50. The average Bonchev–Trinajstić information content (AvgIpc) is 2.99. The van der Waals surface area contributed by atoms with Crippen LogP contribution in [0.4, 0.5) is 8.78 Å². The van der Waals surface area contributed by atoms with Crippen LogP contribution in [0.2, 0.25) is 0 Å². The maximum Gasteiger partial charge on any atom is 0.251 e. The number of rotatable bonds is 5. The number of nitrogens with zero attached hydrogens (tertiary/aromatic N) is 4. The van der Waals surface area contributed by atoms with Crippen molar-refractivity contribution in [2.45, 2.75) is 26.1 Å². The second-order valence-electron chi connectivity index (χ2n) is 7.03. The third-order valence-electron chi connectivity index (χ3n) is 4.98. The van der Waals surface area contributed by atoms with Crippen LogP contribution < -0.4 is 5.32 Å². The number of nitrogens with one attached hydrogen (secondary N) is 1. The van der Waals surface area contributed by atoms with Gasteiger partial charge in [-0.05, 0) is 35.9 Å². The Hall–Kier alpha value is -3.13. The Morgan fingerprint density at radius 1 is 1.00 bits per heavy atom. The molecule has 1 aliphatic rings. The van der Waals surface area contributed by atoms with E-state index in [1.807, 2.05) is 10.6 Å². The molecule has 3 aromatic rings. The minimum atomic E-state index is -0.451. The molecule has 0 saturated heterocycles. The van der Waals surface area contributed by atoms with Crippen LogP contribution in [0.3, 0.4) is 0 Å². The summed E-state index contributed by atoms with van der Waals surface area (Å²) in [6.45, 7) is 3.13. The minimum Gasteiger partial charge on any atom is -0.345 e. The van der Waals surface area contributed by atoms with E-state index in [0.29, 0.717) is 18.9 Å². The van der Waals surface area contributed by atoms with Gasteiger partial charge in [-0.15, -0.1) is 10.2 Å². The van der Waals surface area contributed by atoms with Gasteiger partial charge in [-0.1, -0.05) is 18.2 Å². The van der Waals surface area contributed by atoms with Crippen LogP contribution in [-0.2, 0) is 26.1 Å². The number of amides is 1. The lowest BCUT2D eigenvalue weighted by molar-refractivity contribution is 0.0949. The van der Waals surface area contributed by atoms with Crippen LogP contribution in [0, 0.1) is 11.6 Å². The van der Waals surface area contributed by atoms with Crippen LogP contribution in [0.25, 0.3) is 0 Å². The number of carbonyl (C=O) groups is 1. The second-order valence-corrected chi connectivity index (χ2v) is 7.03. The van der Waals surface area contributed by atoms with E-state index in [9.17, 15) is 13.6 Å². The van der Waals surface area contributed by atoms with Crippen LogP contribution in [-0.4, -0.2) is 38.7 Å². The molecule has 2 heterocycles. The Balaban J connectivity index is 1.38. The van der Waals surface area contributed by atoms with Gasteiger partial charge in [0.2, 0.25) is 0 Å². The average molecular weight is 397 g/mol. The summed E-state index contributed by atoms with van der Waals surface area (Å²) in [4.78, 5) is 14.5. The highest BCUT2D eigenvalue weighted by atomic mass is 19.1. The molecule has 1 N–H and O–H groups in total. The third kappa shape index (κ3) is 4.65. The molecule has 29 heavy (non-hydrogen) atoms. The van der Waals surface area contributed by atoms with Crippen molar-refractivity contribution in [1.29, 1.82) is 0 Å². The maximum absolute atomic E-state index is 13.4. The van der Waals surface area contributed by atoms with Crippen LogP contribution in [0.15, 0.2) is 48.5 Å². The number of carbonyl (C=O) groups excluding carboxylic acids is 1. The molecule has 1 aliphatic heterocycles. The van der Waals surface area contributed by atoms with E-state index in [4.69, 9.17) is 0 Å². The standard InChI is InChI=1S/C21H21F2N5O/c22-17-5-1-3-15(11-17)14-27-8-7-19-25-26-20(28(19)10-9-27)13-24-21(29)16-4-2-6-18(23)12-16/h1-6,11-12H,7-10,13-14H2,(H,24,29). The number of benzene rings is 2. The van der Waals surface area contributed by atoms with E-state index >= 15 is 0 Å². The van der Waals surface area contributed by atoms with Gasteiger partial charge < -0.3 is 9.88 Å². The van der Waals surface area contributed by atoms with Gasteiger partial charge in [-0.25, -0.2) is 8.78 Å². The lowest BCUT2D eigenvalue weighted by atomic mass is 10.2. The largest absolute Gasteiger partial charge is 0.345 e. The van der Waals surface area contributed by atoms with E-state index < -0.39 is 5.82 Å². The maximum atomic E-state index is 13.4. The Morgan fingerprint density at radius 3 is 2.59 bits per heavy atom. The predicted molar refractivity (Wildman–Crippen MR) is 103 cm³/mol. The highest BCUT2D eigenvalue weighted by molar-refractivity contribution is 5.94. The van der Waals surface area contributed by atoms with E-state index in [-0.39, 0.29) is 23.8 Å². The molecule has 0 radical (unpaired) electrons. The number of aromatic nitrogens is 3. The van der Waals surface area contributed by atoms with Crippen LogP contribution in [0.1, 0.15) is 27.6 Å². The van der Waals surface area contributed by atoms with Gasteiger partial charge in [0.25, 0.3) is 5.91 Å². The first-order valence-corrected chi connectivity index (χ1v) is 9.50. The summed E-state index contributed by atoms with van der Waals surface area (Å²) >= 11 is 0. The van der Waals surface area contributed by atoms with E-state index in [0.717, 1.165) is 30.9 Å². The van der Waals surface area contributed by atoms with Crippen molar-refractivity contribution in [3.63, 3.8) is 0 Å². The highest BCUT2D eigenvalue weighted by Crippen LogP contribution is 2.13. The fourth-order valence-corrected chi connectivity index (χ4v) is 3.50. The monoisotopic (exact) mass is 397 g/mol. The Labute approximate surface area is 167 Å². The van der Waals surface area contributed by atoms with Crippen molar-refractivity contribution in [2.75, 3.05) is 13.1 Å². The predicted octanol–water partition coefficient (Wildman–Crippen LogP) is 2.54. The van der Waals surface area contributed by atoms with Crippen molar-refractivity contribution in [2.24, 2.45) is 0 Å². The third-order valence-corrected chi connectivity index (χ3v) is 4.98. The first-order valence-electron chi connectivity index (χ1n) is 9.50. The van der Waals surface area contributed by atoms with Gasteiger partial charge in [-0.3, -0.25) is 9.69 Å². The summed E-state index contributed by atoms with van der Waals surface area (Å²) in [7, 11) is 0. The molecule has 0 bridgehead atoms. The molecular formula is C21H21F2N5O. The number of hydrogen-bond acceptors (Lipinski definition) is 4. The van der Waals surface area contributed by atoms with Crippen molar-refractivity contribution < 1.29 is 13.6 Å². The molecule has 0 fully saturated rings. The van der Waals surface area contributed by atoms with Gasteiger partial charge in [0.15, 0.2) is 5.82 Å². The minimum absolute atomic E-state index is 0.215. The van der Waals surface area contributed by atoms with Crippen molar-refractivity contribution >= 4 is 5.91 Å². The van der Waals surface area contributed by atoms with Gasteiger partial charge >= 0.3 is 0 Å². The lowest BCUT2D eigenvalue weighted by Crippen LogP contribution is -2.28. The zero-order chi connectivity index (χ0) is 20.2. The molecule has 150 valence electrons. The number of fused-ring (bicyclic) bond motifs is 1. The fraction of sp³-hybridized carbons (Fsp3) is 0.286. The molecule has 0 saturated carbocycles. The molecule has 1 aromatic heterocycles. The summed E-state index contributed by atoms with van der Waals surface area (Å²) in [6, 6.07) is 12.2. The molecule has 4 rings (SSSR count). The first-order chi connectivity index (χ1) is 14.1. The normalized spacial score (nSPS) is 14.3. The van der Waals surface area contributed by atoms with E-state index in [1.54, 1.807) is 18.2 Å². The number of hydrogen-bond donors (Lipinski definition) is 1. The smallest absolute Gasteiger partial charge is 0.251 e. The molecule has 6 nitrogen and oxygen atoms in total. The Kier molecular flexibility index (Phi) is 5.62. The summed E-state index contributed by atoms with van der Waals surface area (Å²) in [5.74, 6) is 0.487. The van der Waals surface area contributed by atoms with Crippen LogP contribution >= 0.6 is 0 Å². The molecule has 8 heteroatoms. The summed E-state index contributed by atoms with van der Waals surface area (Å²) in [6.07, 6.45) is 0.722. The van der Waals surface area contributed by atoms with Gasteiger partial charge in [-0.2, -0.15) is 0 Å². The Morgan fingerprint density at radius 2 is 1.79 bits per heavy atom. The molecule has 2 aromatic carbocycles. The van der Waals surface area contributed by atoms with Gasteiger partial charge in [0, 0.05) is 38.2 Å². The molecular weight excluding hydrogens is 376 g/mol. The van der Waals surface area contributed by atoms with Crippen molar-refractivity contribution in [1.82, 2.24) is 25.0 Å². The summed E-state index contributed by atoms with van der Waals surface area (Å²) in [5, 5.41) is 11.2. The Bertz CT molecular complexity index is 1020. The highest BCUT2D eigenvalue weighted by Gasteiger charge is 2.19. The van der Waals surface area contributed by atoms with Crippen molar-refractivity contribution in [3.8, 4) is 0 Å². The van der Waals surface area contributed by atoms with Crippen molar-refractivity contribution in [3.05, 3.63) is 82.9 Å². The quantitative estimate of drug-likeness (QED) is 0.719. The summed E-state index contributed by atoms with van der Waals surface area (Å²) < 4.78 is 28.7. The molecule has 0 unspecified atom stereocenters. The van der Waals surface area contributed by atoms with Gasteiger partial charge in [0.05, 0.1) is 6.54 Å². The SMILES string of the molecule is O=C(NCc1nnc2n1CCN(Cc1cccc(F)c1)CC2)c1cccc(F)c1. The second kappa shape index (κ2) is 8.48.